The average molecular weight is 945 g/mol. The molecule has 6 aromatic rings. The maximum absolute atomic E-state index is 16.0. The van der Waals surface area contributed by atoms with E-state index in [-0.39, 0.29) is 48.5 Å². The molecule has 6 aliphatic heterocycles. The number of hydrogen-bond donors (Lipinski definition) is 3. The van der Waals surface area contributed by atoms with Crippen molar-refractivity contribution in [1.82, 2.24) is 44.7 Å². The van der Waals surface area contributed by atoms with Crippen molar-refractivity contribution < 1.29 is 32.3 Å². The number of aryl methyl sites for hydroxylation is 1. The molecular weight excluding hydrogens is 898 g/mol. The number of aromatic nitrogens is 5. The van der Waals surface area contributed by atoms with Crippen molar-refractivity contribution >= 4 is 62.6 Å². The fraction of sp³-hybridized carbons (Fsp3) is 0.396. The molecule has 16 nitrogen and oxygen atoms in total. The molecule has 20 heteroatoms. The topological polar surface area (TPSA) is 168 Å². The summed E-state index contributed by atoms with van der Waals surface area (Å²) in [5.41, 5.74) is 5.54. The van der Waals surface area contributed by atoms with Crippen molar-refractivity contribution in [1.29, 1.82) is 0 Å². The number of halogens is 3. The van der Waals surface area contributed by atoms with Crippen LogP contribution in [0.25, 0.3) is 22.0 Å². The van der Waals surface area contributed by atoms with E-state index in [4.69, 9.17) is 0 Å². The molecule has 3 aromatic carbocycles. The number of benzene rings is 3. The fourth-order valence-corrected chi connectivity index (χ4v) is 11.9. The van der Waals surface area contributed by atoms with Crippen LogP contribution in [0.3, 0.4) is 0 Å². The number of hydrogen-bond acceptors (Lipinski definition) is 11. The van der Waals surface area contributed by atoms with Gasteiger partial charge in [-0.1, -0.05) is 18.2 Å². The first-order valence-corrected chi connectivity index (χ1v) is 23.9. The first-order valence-electron chi connectivity index (χ1n) is 23.0. The van der Waals surface area contributed by atoms with Gasteiger partial charge in [-0.05, 0) is 78.9 Å². The minimum Gasteiger partial charge on any atom is -0.370 e. The van der Waals surface area contributed by atoms with E-state index in [9.17, 15) is 19.2 Å². The van der Waals surface area contributed by atoms with E-state index in [0.29, 0.717) is 58.2 Å². The third kappa shape index (κ3) is 7.39. The molecule has 1 spiro atoms. The predicted octanol–water partition coefficient (Wildman–Crippen LogP) is 6.00. The Balaban J connectivity index is 0.638. The molecule has 4 saturated heterocycles. The normalized spacial score (nSPS) is 21.5. The quantitative estimate of drug-likeness (QED) is 0.140. The Morgan fingerprint density at radius 2 is 1.74 bits per heavy atom. The number of carbonyl (C=O) groups is 4. The number of thiazole rings is 1. The highest BCUT2D eigenvalue weighted by Gasteiger charge is 2.52. The van der Waals surface area contributed by atoms with Gasteiger partial charge >= 0.3 is 6.03 Å². The molecular formula is C48H47F3N12O4S. The third-order valence-corrected chi connectivity index (χ3v) is 15.4. The number of nitrogens with zero attached hydrogens (tertiary/aromatic N) is 9. The van der Waals surface area contributed by atoms with Gasteiger partial charge in [0, 0.05) is 104 Å². The Bertz CT molecular complexity index is 3000. The van der Waals surface area contributed by atoms with Crippen LogP contribution in [0, 0.1) is 11.2 Å². The summed E-state index contributed by atoms with van der Waals surface area (Å²) in [5, 5.41) is 15.1. The summed E-state index contributed by atoms with van der Waals surface area (Å²) in [4.78, 5) is 70.1. The van der Waals surface area contributed by atoms with Gasteiger partial charge in [-0.3, -0.25) is 39.9 Å². The standard InChI is InChI=1S/C48H47F3N12O4S/c49-36-19-30(18-33-34(36)21-63(44(33)66)41(43(65)55-45-52-11-17-68-45)40-38-2-1-12-60(38)27-53-40)28-3-6-31(7-4-28)61-24-47(25-61)22-59(23-47)16-15-58-13-9-35(48(50,51)26-58)29-5-8-32-37(20-29)56-57-42(32)62-14-10-39(64)54-46(62)67/h3-8,11,17-20,27,35,41H,1-2,9-10,12-16,21-26H2,(H,56,57)(H,52,55,65)(H,54,64,67). The lowest BCUT2D eigenvalue weighted by atomic mass is 9.72. The van der Waals surface area contributed by atoms with Crippen molar-refractivity contribution in [3.05, 3.63) is 106 Å². The van der Waals surface area contributed by atoms with E-state index in [1.165, 1.54) is 27.2 Å². The van der Waals surface area contributed by atoms with Crippen molar-refractivity contribution in [2.24, 2.45) is 5.41 Å². The van der Waals surface area contributed by atoms with Crippen LogP contribution in [0.5, 0.6) is 0 Å². The number of alkyl halides is 2. The molecule has 3 N–H and O–H groups in total. The molecule has 12 rings (SSSR count). The number of urea groups is 1. The van der Waals surface area contributed by atoms with Gasteiger partial charge in [-0.15, -0.1) is 11.3 Å². The minimum atomic E-state index is -2.93. The third-order valence-electron chi connectivity index (χ3n) is 14.7. The van der Waals surface area contributed by atoms with E-state index < -0.39 is 41.5 Å². The summed E-state index contributed by atoms with van der Waals surface area (Å²) in [6.07, 6.45) is 5.41. The molecule has 2 unspecified atom stereocenters. The van der Waals surface area contributed by atoms with Gasteiger partial charge in [-0.2, -0.15) is 5.10 Å². The maximum atomic E-state index is 16.0. The smallest absolute Gasteiger partial charge is 0.329 e. The van der Waals surface area contributed by atoms with E-state index in [1.807, 2.05) is 33.7 Å². The molecule has 3 aromatic heterocycles. The molecule has 350 valence electrons. The number of fused-ring (bicyclic) bond motifs is 3. The monoisotopic (exact) mass is 944 g/mol. The van der Waals surface area contributed by atoms with E-state index in [0.717, 1.165) is 69.1 Å². The number of nitrogens with one attached hydrogen (secondary N) is 3. The number of H-pyrrole nitrogens is 1. The number of imidazole rings is 1. The largest absolute Gasteiger partial charge is 0.370 e. The molecule has 0 radical (unpaired) electrons. The van der Waals surface area contributed by atoms with Crippen LogP contribution in [0.15, 0.2) is 72.5 Å². The lowest BCUT2D eigenvalue weighted by Gasteiger charge is -2.61. The zero-order valence-electron chi connectivity index (χ0n) is 36.9. The minimum absolute atomic E-state index is 0.0614. The second-order valence-corrected chi connectivity index (χ2v) is 20.0. The molecule has 5 amide bonds. The average Bonchev–Trinajstić information content (AvgIpc) is 4.15. The number of imide groups is 1. The van der Waals surface area contributed by atoms with Crippen LogP contribution >= 0.6 is 11.3 Å². The molecule has 0 bridgehead atoms. The van der Waals surface area contributed by atoms with Crippen LogP contribution in [0.4, 0.5) is 34.6 Å². The van der Waals surface area contributed by atoms with Crippen LogP contribution in [0.2, 0.25) is 0 Å². The predicted molar refractivity (Wildman–Crippen MR) is 247 cm³/mol. The van der Waals surface area contributed by atoms with Gasteiger partial charge in [0.05, 0.1) is 36.5 Å². The number of rotatable bonds is 11. The Hall–Kier alpha value is -6.64. The number of amides is 5. The number of likely N-dealkylation sites (tertiary alicyclic amines) is 2. The number of aromatic amines is 1. The fourth-order valence-electron chi connectivity index (χ4n) is 11.3. The summed E-state index contributed by atoms with van der Waals surface area (Å²) in [6, 6.07) is 14.6. The van der Waals surface area contributed by atoms with Crippen molar-refractivity contribution in [3.8, 4) is 11.1 Å². The molecule has 68 heavy (non-hydrogen) atoms. The molecule has 6 aliphatic rings. The molecule has 2 atom stereocenters. The summed E-state index contributed by atoms with van der Waals surface area (Å²) >= 11 is 1.27. The SMILES string of the molecule is O=C1CCN(c2n[nH]c3cc(C4CCN(CCN5CC6(C5)CN(c5ccc(-c7cc(F)c8c(c7)C(=O)N(C(C(=O)Nc7nccs7)c7ncn9c7CCC9)C8)cc5)C6)CC4(F)F)ccc23)C(=O)N1. The zero-order chi connectivity index (χ0) is 46.5. The van der Waals surface area contributed by atoms with Crippen LogP contribution < -0.4 is 20.4 Å². The van der Waals surface area contributed by atoms with Gasteiger partial charge < -0.3 is 19.3 Å². The summed E-state index contributed by atoms with van der Waals surface area (Å²) in [5.74, 6) is -5.22. The van der Waals surface area contributed by atoms with Crippen LogP contribution in [-0.4, -0.2) is 128 Å². The second kappa shape index (κ2) is 16.3. The molecule has 0 saturated carbocycles. The highest BCUT2D eigenvalue weighted by molar-refractivity contribution is 7.13. The Kier molecular flexibility index (Phi) is 10.2. The summed E-state index contributed by atoms with van der Waals surface area (Å²) in [6.45, 7) is 6.04. The van der Waals surface area contributed by atoms with Crippen LogP contribution in [0.1, 0.15) is 64.1 Å². The summed E-state index contributed by atoms with van der Waals surface area (Å²) < 4.78 is 49.5. The van der Waals surface area contributed by atoms with E-state index in [1.54, 1.807) is 42.2 Å². The lowest BCUT2D eigenvalue weighted by Crippen LogP contribution is -2.72. The number of anilines is 3. The van der Waals surface area contributed by atoms with Gasteiger partial charge in [0.15, 0.2) is 17.0 Å². The van der Waals surface area contributed by atoms with E-state index >= 15 is 13.2 Å². The van der Waals surface area contributed by atoms with Crippen molar-refractivity contribution in [3.63, 3.8) is 0 Å². The second-order valence-electron chi connectivity index (χ2n) is 19.1. The molecule has 0 aliphatic carbocycles. The first-order chi connectivity index (χ1) is 32.9. The van der Waals surface area contributed by atoms with Gasteiger partial charge in [-0.25, -0.2) is 27.9 Å². The van der Waals surface area contributed by atoms with E-state index in [2.05, 4.69) is 40.6 Å². The van der Waals surface area contributed by atoms with Gasteiger partial charge in [0.1, 0.15) is 5.82 Å². The Labute approximate surface area is 392 Å². The Morgan fingerprint density at radius 1 is 0.912 bits per heavy atom. The first kappa shape index (κ1) is 42.7. The molecule has 4 fully saturated rings. The van der Waals surface area contributed by atoms with Crippen LogP contribution in [-0.2, 0) is 29.1 Å². The van der Waals surface area contributed by atoms with Crippen molar-refractivity contribution in [2.75, 3.05) is 74.0 Å². The maximum Gasteiger partial charge on any atom is 0.329 e. The lowest BCUT2D eigenvalue weighted by molar-refractivity contribution is -0.121. The highest BCUT2D eigenvalue weighted by Crippen LogP contribution is 2.45. The zero-order valence-corrected chi connectivity index (χ0v) is 37.7. The van der Waals surface area contributed by atoms with Gasteiger partial charge in [0.2, 0.25) is 5.91 Å². The summed E-state index contributed by atoms with van der Waals surface area (Å²) in [7, 11) is 0. The number of carbonyl (C=O) groups excluding carboxylic acids is 4. The molecule has 9 heterocycles. The Morgan fingerprint density at radius 3 is 2.51 bits per heavy atom. The van der Waals surface area contributed by atoms with Crippen molar-refractivity contribution in [2.45, 2.75) is 56.7 Å². The number of piperidine rings is 1. The van der Waals surface area contributed by atoms with Gasteiger partial charge in [0.25, 0.3) is 17.7 Å². The highest BCUT2D eigenvalue weighted by atomic mass is 32.1.